The summed E-state index contributed by atoms with van der Waals surface area (Å²) >= 11 is 0. The van der Waals surface area contributed by atoms with Gasteiger partial charge in [0.1, 0.15) is 0 Å². The van der Waals surface area contributed by atoms with Crippen LogP contribution in [0.4, 0.5) is 0 Å². The average Bonchev–Trinajstić information content (AvgIpc) is 2.32. The van der Waals surface area contributed by atoms with Gasteiger partial charge in [-0.25, -0.2) is 0 Å². The normalized spacial score (nSPS) is 13.3. The third kappa shape index (κ3) is 9.94. The Morgan fingerprint density at radius 3 is 2.32 bits per heavy atom. The van der Waals surface area contributed by atoms with Crippen molar-refractivity contribution in [3.05, 3.63) is 0 Å². The van der Waals surface area contributed by atoms with Gasteiger partial charge in [-0.2, -0.15) is 0 Å². The minimum atomic E-state index is 0.119. The molecule has 0 radical (unpaired) electrons. The Kier molecular flexibility index (Phi) is 9.94. The molecule has 0 spiro atoms. The zero-order chi connectivity index (χ0) is 14.7. The van der Waals surface area contributed by atoms with Crippen molar-refractivity contribution in [2.24, 2.45) is 11.1 Å². The van der Waals surface area contributed by atoms with Gasteiger partial charge >= 0.3 is 0 Å². The lowest BCUT2D eigenvalue weighted by molar-refractivity contribution is -0.122. The molecule has 0 rings (SSSR count). The lowest BCUT2D eigenvalue weighted by Gasteiger charge is -2.31. The van der Waals surface area contributed by atoms with Gasteiger partial charge in [0, 0.05) is 12.5 Å². The fourth-order valence-corrected chi connectivity index (χ4v) is 2.19. The molecule has 19 heavy (non-hydrogen) atoms. The second-order valence-corrected chi connectivity index (χ2v) is 6.58. The highest BCUT2D eigenvalue weighted by Crippen LogP contribution is 2.23. The number of nitrogens with two attached hydrogens (primary N) is 1. The minimum absolute atomic E-state index is 0.119. The number of unbranched alkanes of at least 4 members (excludes halogenated alkanes) is 4. The molecule has 1 amide bonds. The van der Waals surface area contributed by atoms with Crippen molar-refractivity contribution in [3.8, 4) is 0 Å². The van der Waals surface area contributed by atoms with Gasteiger partial charge in [-0.15, -0.1) is 0 Å². The summed E-state index contributed by atoms with van der Waals surface area (Å²) in [6.07, 6.45) is 8.45. The van der Waals surface area contributed by atoms with Crippen molar-refractivity contribution < 1.29 is 4.79 Å². The molecule has 0 aliphatic heterocycles. The highest BCUT2D eigenvalue weighted by Gasteiger charge is 2.25. The van der Waals surface area contributed by atoms with Crippen molar-refractivity contribution in [3.63, 3.8) is 0 Å². The molecule has 3 N–H and O–H groups in total. The lowest BCUT2D eigenvalue weighted by atomic mass is 9.83. The molecule has 0 aromatic rings. The third-order valence-corrected chi connectivity index (χ3v) is 3.58. The number of rotatable bonds is 10. The van der Waals surface area contributed by atoms with Gasteiger partial charge in [0.05, 0.1) is 0 Å². The molecule has 0 saturated heterocycles. The topological polar surface area (TPSA) is 55.1 Å². The molecular weight excluding hydrogens is 236 g/mol. The van der Waals surface area contributed by atoms with E-state index in [1.54, 1.807) is 0 Å². The fourth-order valence-electron chi connectivity index (χ4n) is 2.19. The monoisotopic (exact) mass is 270 g/mol. The van der Waals surface area contributed by atoms with E-state index in [0.717, 1.165) is 38.6 Å². The maximum atomic E-state index is 12.0. The van der Waals surface area contributed by atoms with Crippen molar-refractivity contribution in [1.82, 2.24) is 5.32 Å². The summed E-state index contributed by atoms with van der Waals surface area (Å²) < 4.78 is 0. The van der Waals surface area contributed by atoms with Crippen molar-refractivity contribution in [2.75, 3.05) is 6.54 Å². The van der Waals surface area contributed by atoms with E-state index in [0.29, 0.717) is 6.42 Å². The number of carbonyl (C=O) groups is 1. The van der Waals surface area contributed by atoms with E-state index in [2.05, 4.69) is 33.0 Å². The molecule has 0 aliphatic carbocycles. The zero-order valence-corrected chi connectivity index (χ0v) is 13.4. The van der Waals surface area contributed by atoms with Crippen molar-refractivity contribution in [2.45, 2.75) is 85.1 Å². The number of carbonyl (C=O) groups excluding carboxylic acids is 1. The van der Waals surface area contributed by atoms with Gasteiger partial charge in [0.2, 0.25) is 5.91 Å². The summed E-state index contributed by atoms with van der Waals surface area (Å²) in [6, 6.07) is 0.262. The first-order chi connectivity index (χ1) is 8.91. The maximum absolute atomic E-state index is 12.0. The van der Waals surface area contributed by atoms with E-state index in [1.165, 1.54) is 12.8 Å². The Morgan fingerprint density at radius 1 is 1.11 bits per heavy atom. The zero-order valence-electron chi connectivity index (χ0n) is 13.4. The average molecular weight is 270 g/mol. The number of nitrogens with one attached hydrogen (secondary N) is 1. The molecule has 0 aromatic heterocycles. The second-order valence-electron chi connectivity index (χ2n) is 6.58. The summed E-state index contributed by atoms with van der Waals surface area (Å²) in [6.45, 7) is 9.50. The van der Waals surface area contributed by atoms with Crippen LogP contribution in [-0.2, 0) is 4.79 Å². The standard InChI is InChI=1S/C16H34N2O/c1-5-6-7-8-12-15(19)18-14(16(2,3)4)11-9-10-13-17/h14H,5-13,17H2,1-4H3,(H,18,19)/t14-/m0/s1. The van der Waals surface area contributed by atoms with Crippen molar-refractivity contribution >= 4 is 5.91 Å². The Morgan fingerprint density at radius 2 is 1.79 bits per heavy atom. The van der Waals surface area contributed by atoms with Gasteiger partial charge in [-0.1, -0.05) is 53.4 Å². The van der Waals surface area contributed by atoms with Crippen LogP contribution in [0.3, 0.4) is 0 Å². The highest BCUT2D eigenvalue weighted by molar-refractivity contribution is 5.76. The smallest absolute Gasteiger partial charge is 0.220 e. The van der Waals surface area contributed by atoms with E-state index in [9.17, 15) is 4.79 Å². The lowest BCUT2D eigenvalue weighted by Crippen LogP contribution is -2.43. The molecule has 0 unspecified atom stereocenters. The molecule has 0 fully saturated rings. The predicted molar refractivity (Wildman–Crippen MR) is 83.1 cm³/mol. The van der Waals surface area contributed by atoms with Crippen LogP contribution in [0.1, 0.15) is 79.1 Å². The summed E-state index contributed by atoms with van der Waals surface area (Å²) in [5.74, 6) is 0.212. The van der Waals surface area contributed by atoms with Crippen LogP contribution in [0, 0.1) is 5.41 Å². The SMILES string of the molecule is CCCCCCC(=O)N[C@@H](CCCCN)C(C)(C)C. The van der Waals surface area contributed by atoms with Crippen LogP contribution >= 0.6 is 0 Å². The van der Waals surface area contributed by atoms with E-state index < -0.39 is 0 Å². The Bertz CT molecular complexity index is 233. The summed E-state index contributed by atoms with van der Waals surface area (Å²) in [7, 11) is 0. The summed E-state index contributed by atoms with van der Waals surface area (Å²) in [5.41, 5.74) is 5.65. The molecular formula is C16H34N2O. The van der Waals surface area contributed by atoms with Crippen LogP contribution < -0.4 is 11.1 Å². The molecule has 114 valence electrons. The Hall–Kier alpha value is -0.570. The van der Waals surface area contributed by atoms with Crippen LogP contribution in [0.15, 0.2) is 0 Å². The molecule has 0 saturated carbocycles. The fraction of sp³-hybridized carbons (Fsp3) is 0.938. The van der Waals surface area contributed by atoms with Crippen LogP contribution in [0.5, 0.6) is 0 Å². The first kappa shape index (κ1) is 18.4. The van der Waals surface area contributed by atoms with E-state index in [4.69, 9.17) is 5.73 Å². The highest BCUT2D eigenvalue weighted by atomic mass is 16.1. The first-order valence-corrected chi connectivity index (χ1v) is 7.91. The van der Waals surface area contributed by atoms with E-state index in [1.807, 2.05) is 0 Å². The molecule has 1 atom stereocenters. The summed E-state index contributed by atoms with van der Waals surface area (Å²) in [5, 5.41) is 3.21. The second kappa shape index (κ2) is 10.2. The van der Waals surface area contributed by atoms with Crippen LogP contribution in [0.25, 0.3) is 0 Å². The van der Waals surface area contributed by atoms with Crippen LogP contribution in [-0.4, -0.2) is 18.5 Å². The molecule has 0 bridgehead atoms. The largest absolute Gasteiger partial charge is 0.353 e. The molecule has 0 aromatic carbocycles. The van der Waals surface area contributed by atoms with Gasteiger partial charge in [-0.05, 0) is 31.2 Å². The van der Waals surface area contributed by atoms with Gasteiger partial charge < -0.3 is 11.1 Å². The van der Waals surface area contributed by atoms with Crippen LogP contribution in [0.2, 0.25) is 0 Å². The first-order valence-electron chi connectivity index (χ1n) is 7.91. The van der Waals surface area contributed by atoms with E-state index in [-0.39, 0.29) is 17.4 Å². The Labute approximate surface area is 119 Å². The molecule has 0 aliphatic rings. The van der Waals surface area contributed by atoms with Crippen molar-refractivity contribution in [1.29, 1.82) is 0 Å². The summed E-state index contributed by atoms with van der Waals surface area (Å²) in [4.78, 5) is 12.0. The quantitative estimate of drug-likeness (QED) is 0.596. The molecule has 3 heteroatoms. The molecule has 3 nitrogen and oxygen atoms in total. The van der Waals surface area contributed by atoms with Gasteiger partial charge in [0.25, 0.3) is 0 Å². The van der Waals surface area contributed by atoms with E-state index >= 15 is 0 Å². The third-order valence-electron chi connectivity index (χ3n) is 3.58. The predicted octanol–water partition coefficient (Wildman–Crippen LogP) is 3.62. The minimum Gasteiger partial charge on any atom is -0.353 e. The number of hydrogen-bond donors (Lipinski definition) is 2. The Balaban J connectivity index is 4.05. The maximum Gasteiger partial charge on any atom is 0.220 e. The molecule has 0 heterocycles. The van der Waals surface area contributed by atoms with Gasteiger partial charge in [-0.3, -0.25) is 4.79 Å². The number of hydrogen-bond acceptors (Lipinski definition) is 2. The number of amides is 1. The van der Waals surface area contributed by atoms with Gasteiger partial charge in [0.15, 0.2) is 0 Å².